The summed E-state index contributed by atoms with van der Waals surface area (Å²) in [7, 11) is -3.40. The Bertz CT molecular complexity index is 319. The van der Waals surface area contributed by atoms with Crippen LogP contribution in [0.3, 0.4) is 0 Å². The number of hydrogen-bond acceptors (Lipinski definition) is 3. The van der Waals surface area contributed by atoms with E-state index in [0.717, 1.165) is 6.26 Å². The average molecular weight is 242 g/mol. The van der Waals surface area contributed by atoms with Crippen LogP contribution in [-0.4, -0.2) is 40.2 Å². The van der Waals surface area contributed by atoms with E-state index in [2.05, 4.69) is 10.0 Å². The van der Waals surface area contributed by atoms with Crippen LogP contribution in [0.1, 0.15) is 6.92 Å². The molecule has 90 valence electrons. The molecule has 2 N–H and O–H groups in total. The van der Waals surface area contributed by atoms with Gasteiger partial charge in [-0.3, -0.25) is 0 Å². The zero-order chi connectivity index (χ0) is 11.7. The molecule has 0 aliphatic carbocycles. The van der Waals surface area contributed by atoms with Crippen LogP contribution in [0.5, 0.6) is 0 Å². The first kappa shape index (κ1) is 12.8. The highest BCUT2D eigenvalue weighted by atomic mass is 32.2. The fraction of sp³-hybridized carbons (Fsp3) is 1.00. The van der Waals surface area contributed by atoms with Gasteiger partial charge in [-0.2, -0.15) is 0 Å². The number of alkyl halides is 2. The molecule has 15 heavy (non-hydrogen) atoms. The van der Waals surface area contributed by atoms with Gasteiger partial charge in [-0.25, -0.2) is 21.9 Å². The topological polar surface area (TPSA) is 58.2 Å². The lowest BCUT2D eigenvalue weighted by Crippen LogP contribution is -2.54. The van der Waals surface area contributed by atoms with Crippen LogP contribution in [0.25, 0.3) is 0 Å². The number of halogens is 2. The van der Waals surface area contributed by atoms with Crippen LogP contribution in [0, 0.1) is 11.8 Å². The molecule has 0 aromatic rings. The maximum atomic E-state index is 13.6. The quantitative estimate of drug-likeness (QED) is 0.734. The number of rotatable bonds is 3. The summed E-state index contributed by atoms with van der Waals surface area (Å²) in [5.74, 6) is -4.56. The molecule has 1 heterocycles. The second kappa shape index (κ2) is 4.31. The van der Waals surface area contributed by atoms with Crippen molar-refractivity contribution >= 4 is 10.0 Å². The molecule has 2 atom stereocenters. The first-order valence-electron chi connectivity index (χ1n) is 4.76. The molecule has 1 aliphatic rings. The molecule has 2 unspecified atom stereocenters. The lowest BCUT2D eigenvalue weighted by atomic mass is 9.87. The number of sulfonamides is 1. The first-order chi connectivity index (χ1) is 6.73. The van der Waals surface area contributed by atoms with Gasteiger partial charge in [0.2, 0.25) is 10.0 Å². The van der Waals surface area contributed by atoms with Gasteiger partial charge in [0, 0.05) is 31.5 Å². The van der Waals surface area contributed by atoms with Gasteiger partial charge in [-0.05, 0) is 0 Å². The smallest absolute Gasteiger partial charge is 0.257 e. The van der Waals surface area contributed by atoms with E-state index in [1.165, 1.54) is 6.92 Å². The average Bonchev–Trinajstić information content (AvgIpc) is 2.06. The van der Waals surface area contributed by atoms with Crippen molar-refractivity contribution in [2.75, 3.05) is 25.9 Å². The molecular formula is C8H16F2N2O2S. The van der Waals surface area contributed by atoms with Gasteiger partial charge in [0.15, 0.2) is 0 Å². The molecule has 4 nitrogen and oxygen atoms in total. The van der Waals surface area contributed by atoms with Crippen LogP contribution in [0.2, 0.25) is 0 Å². The van der Waals surface area contributed by atoms with Crippen molar-refractivity contribution in [1.29, 1.82) is 0 Å². The third-order valence-corrected chi connectivity index (χ3v) is 3.33. The third-order valence-electron chi connectivity index (χ3n) is 2.63. The zero-order valence-electron chi connectivity index (χ0n) is 8.76. The van der Waals surface area contributed by atoms with Crippen molar-refractivity contribution in [3.63, 3.8) is 0 Å². The Kier molecular flexibility index (Phi) is 3.67. The van der Waals surface area contributed by atoms with Gasteiger partial charge in [-0.15, -0.1) is 0 Å². The van der Waals surface area contributed by atoms with Gasteiger partial charge in [0.05, 0.1) is 6.26 Å². The van der Waals surface area contributed by atoms with Crippen LogP contribution in [-0.2, 0) is 10.0 Å². The van der Waals surface area contributed by atoms with Crippen molar-refractivity contribution in [2.45, 2.75) is 12.8 Å². The molecule has 0 aromatic heterocycles. The summed E-state index contributed by atoms with van der Waals surface area (Å²) < 4.78 is 50.8. The minimum atomic E-state index is -3.40. The van der Waals surface area contributed by atoms with Crippen LogP contribution in [0.4, 0.5) is 8.78 Å². The zero-order valence-corrected chi connectivity index (χ0v) is 9.57. The van der Waals surface area contributed by atoms with Gasteiger partial charge < -0.3 is 5.32 Å². The number of hydrogen-bond donors (Lipinski definition) is 2. The number of nitrogens with one attached hydrogen (secondary N) is 2. The van der Waals surface area contributed by atoms with Crippen molar-refractivity contribution in [2.24, 2.45) is 11.8 Å². The Morgan fingerprint density at radius 1 is 1.47 bits per heavy atom. The summed E-state index contributed by atoms with van der Waals surface area (Å²) in [5, 5.41) is 2.86. The largest absolute Gasteiger partial charge is 0.316 e. The molecule has 0 spiro atoms. The molecule has 0 amide bonds. The Morgan fingerprint density at radius 2 is 2.07 bits per heavy atom. The summed E-state index contributed by atoms with van der Waals surface area (Å²) in [6.07, 6.45) is 0.963. The predicted molar refractivity (Wildman–Crippen MR) is 53.3 cm³/mol. The Hall–Kier alpha value is -0.270. The molecule has 7 heteroatoms. The van der Waals surface area contributed by atoms with E-state index in [1.54, 1.807) is 0 Å². The fourth-order valence-corrected chi connectivity index (χ4v) is 2.11. The van der Waals surface area contributed by atoms with E-state index < -0.39 is 27.8 Å². The molecule has 1 saturated heterocycles. The van der Waals surface area contributed by atoms with Crippen molar-refractivity contribution in [3.8, 4) is 0 Å². The number of piperidine rings is 1. The normalized spacial score (nSPS) is 31.5. The van der Waals surface area contributed by atoms with Gasteiger partial charge in [0.1, 0.15) is 0 Å². The predicted octanol–water partition coefficient (Wildman–Crippen LogP) is 0.0264. The van der Waals surface area contributed by atoms with Gasteiger partial charge in [-0.1, -0.05) is 6.92 Å². The Labute approximate surface area is 88.5 Å². The lowest BCUT2D eigenvalue weighted by Gasteiger charge is -2.36. The molecule has 0 aromatic carbocycles. The lowest BCUT2D eigenvalue weighted by molar-refractivity contribution is -0.115. The summed E-state index contributed by atoms with van der Waals surface area (Å²) in [6.45, 7) is 1.64. The fourth-order valence-electron chi connectivity index (χ4n) is 1.61. The van der Waals surface area contributed by atoms with E-state index in [0.29, 0.717) is 0 Å². The summed E-state index contributed by atoms with van der Waals surface area (Å²) in [4.78, 5) is 0. The summed E-state index contributed by atoms with van der Waals surface area (Å²) in [6, 6.07) is 0. The van der Waals surface area contributed by atoms with E-state index in [-0.39, 0.29) is 19.6 Å². The molecule has 1 aliphatic heterocycles. The highest BCUT2D eigenvalue weighted by molar-refractivity contribution is 7.88. The van der Waals surface area contributed by atoms with Crippen LogP contribution < -0.4 is 10.0 Å². The SMILES string of the molecule is CC1CNCC(CNS(C)(=O)=O)C1(F)F. The second-order valence-electron chi connectivity index (χ2n) is 4.05. The molecule has 0 saturated carbocycles. The van der Waals surface area contributed by atoms with Crippen LogP contribution >= 0.6 is 0 Å². The molecule has 1 fully saturated rings. The monoisotopic (exact) mass is 242 g/mol. The standard InChI is InChI=1S/C8H16F2N2O2S/c1-6-3-11-4-7(8(6,9)10)5-12-15(2,13)14/h6-7,11-12H,3-5H2,1-2H3. The molecular weight excluding hydrogens is 226 g/mol. The van der Waals surface area contributed by atoms with E-state index in [1.807, 2.05) is 0 Å². The maximum absolute atomic E-state index is 13.6. The first-order valence-corrected chi connectivity index (χ1v) is 6.66. The molecule has 1 rings (SSSR count). The van der Waals surface area contributed by atoms with E-state index in [4.69, 9.17) is 0 Å². The van der Waals surface area contributed by atoms with E-state index >= 15 is 0 Å². The third kappa shape index (κ3) is 3.35. The van der Waals surface area contributed by atoms with Crippen molar-refractivity contribution < 1.29 is 17.2 Å². The van der Waals surface area contributed by atoms with Gasteiger partial charge in [0.25, 0.3) is 5.92 Å². The van der Waals surface area contributed by atoms with Gasteiger partial charge >= 0.3 is 0 Å². The highest BCUT2D eigenvalue weighted by Crippen LogP contribution is 2.34. The second-order valence-corrected chi connectivity index (χ2v) is 5.88. The molecule has 0 radical (unpaired) electrons. The highest BCUT2D eigenvalue weighted by Gasteiger charge is 2.46. The summed E-state index contributed by atoms with van der Waals surface area (Å²) >= 11 is 0. The van der Waals surface area contributed by atoms with Crippen LogP contribution in [0.15, 0.2) is 0 Å². The molecule has 0 bridgehead atoms. The minimum Gasteiger partial charge on any atom is -0.316 e. The maximum Gasteiger partial charge on any atom is 0.257 e. The minimum absolute atomic E-state index is 0.139. The Morgan fingerprint density at radius 3 is 2.60 bits per heavy atom. The Balaban J connectivity index is 2.61. The summed E-state index contributed by atoms with van der Waals surface area (Å²) in [5.41, 5.74) is 0. The van der Waals surface area contributed by atoms with Crippen molar-refractivity contribution in [1.82, 2.24) is 10.0 Å². The van der Waals surface area contributed by atoms with E-state index in [9.17, 15) is 17.2 Å². The van der Waals surface area contributed by atoms with Crippen molar-refractivity contribution in [3.05, 3.63) is 0 Å².